The Morgan fingerprint density at radius 2 is 2.05 bits per heavy atom. The molecule has 20 heavy (non-hydrogen) atoms. The summed E-state index contributed by atoms with van der Waals surface area (Å²) in [4.78, 5) is 2.32. The number of anilines is 1. The van der Waals surface area contributed by atoms with Crippen molar-refractivity contribution in [2.75, 3.05) is 38.6 Å². The molecule has 0 radical (unpaired) electrons. The SMILES string of the molecule is Cc1ccc(S(=O)(=O)N2CCNCC2C)cc1N(C)C. The van der Waals surface area contributed by atoms with E-state index in [-0.39, 0.29) is 6.04 Å². The van der Waals surface area contributed by atoms with Gasteiger partial charge in [-0.25, -0.2) is 8.42 Å². The lowest BCUT2D eigenvalue weighted by molar-refractivity contribution is 0.284. The first kappa shape index (κ1) is 15.3. The molecule has 0 bridgehead atoms. The van der Waals surface area contributed by atoms with Gasteiger partial charge in [0.2, 0.25) is 10.0 Å². The first-order valence-electron chi connectivity index (χ1n) is 6.84. The molecule has 0 spiro atoms. The van der Waals surface area contributed by atoms with Gasteiger partial charge in [-0.3, -0.25) is 0 Å². The largest absolute Gasteiger partial charge is 0.377 e. The Hall–Kier alpha value is -1.11. The molecule has 0 amide bonds. The quantitative estimate of drug-likeness (QED) is 0.906. The summed E-state index contributed by atoms with van der Waals surface area (Å²) in [5.41, 5.74) is 2.01. The summed E-state index contributed by atoms with van der Waals surface area (Å²) in [5.74, 6) is 0. The van der Waals surface area contributed by atoms with Crippen LogP contribution in [0.2, 0.25) is 0 Å². The third kappa shape index (κ3) is 2.82. The van der Waals surface area contributed by atoms with Crippen molar-refractivity contribution in [3.63, 3.8) is 0 Å². The van der Waals surface area contributed by atoms with Crippen molar-refractivity contribution in [1.82, 2.24) is 9.62 Å². The topological polar surface area (TPSA) is 52.7 Å². The molecule has 1 fully saturated rings. The Morgan fingerprint density at radius 3 is 2.65 bits per heavy atom. The highest BCUT2D eigenvalue weighted by Gasteiger charge is 2.31. The van der Waals surface area contributed by atoms with Crippen LogP contribution in [-0.2, 0) is 10.0 Å². The van der Waals surface area contributed by atoms with Crippen LogP contribution in [0.4, 0.5) is 5.69 Å². The molecule has 1 aliphatic rings. The van der Waals surface area contributed by atoms with Gasteiger partial charge in [-0.15, -0.1) is 0 Å². The van der Waals surface area contributed by atoms with E-state index in [4.69, 9.17) is 0 Å². The van der Waals surface area contributed by atoms with E-state index in [0.717, 1.165) is 11.3 Å². The van der Waals surface area contributed by atoms with Crippen LogP contribution in [0.25, 0.3) is 0 Å². The second kappa shape index (κ2) is 5.71. The summed E-state index contributed by atoms with van der Waals surface area (Å²) < 4.78 is 27.1. The van der Waals surface area contributed by atoms with E-state index in [1.807, 2.05) is 38.9 Å². The fourth-order valence-electron chi connectivity index (χ4n) is 2.55. The van der Waals surface area contributed by atoms with Crippen LogP contribution in [0.3, 0.4) is 0 Å². The average Bonchev–Trinajstić information content (AvgIpc) is 2.38. The second-order valence-electron chi connectivity index (χ2n) is 5.51. The van der Waals surface area contributed by atoms with Gasteiger partial charge < -0.3 is 10.2 Å². The van der Waals surface area contributed by atoms with Crippen LogP contribution in [0.15, 0.2) is 23.1 Å². The molecule has 1 heterocycles. The van der Waals surface area contributed by atoms with Crippen LogP contribution in [-0.4, -0.2) is 52.5 Å². The van der Waals surface area contributed by atoms with Crippen molar-refractivity contribution < 1.29 is 8.42 Å². The molecular weight excluding hydrogens is 274 g/mol. The normalized spacial score (nSPS) is 20.9. The summed E-state index contributed by atoms with van der Waals surface area (Å²) in [6.07, 6.45) is 0. The Morgan fingerprint density at radius 1 is 1.35 bits per heavy atom. The lowest BCUT2D eigenvalue weighted by Crippen LogP contribution is -2.52. The van der Waals surface area contributed by atoms with E-state index < -0.39 is 10.0 Å². The highest BCUT2D eigenvalue weighted by Crippen LogP contribution is 2.25. The number of sulfonamides is 1. The van der Waals surface area contributed by atoms with Gasteiger partial charge in [0.05, 0.1) is 4.90 Å². The van der Waals surface area contributed by atoms with Crippen molar-refractivity contribution >= 4 is 15.7 Å². The molecule has 1 aliphatic heterocycles. The van der Waals surface area contributed by atoms with Crippen molar-refractivity contribution in [1.29, 1.82) is 0 Å². The molecule has 1 unspecified atom stereocenters. The molecule has 6 heteroatoms. The van der Waals surface area contributed by atoms with E-state index in [1.165, 1.54) is 0 Å². The number of aryl methyl sites for hydroxylation is 1. The number of piperazine rings is 1. The highest BCUT2D eigenvalue weighted by atomic mass is 32.2. The fourth-order valence-corrected chi connectivity index (χ4v) is 4.20. The molecule has 0 saturated carbocycles. The smallest absolute Gasteiger partial charge is 0.243 e. The van der Waals surface area contributed by atoms with Crippen LogP contribution in [0.5, 0.6) is 0 Å². The molecule has 1 aromatic carbocycles. The van der Waals surface area contributed by atoms with E-state index in [2.05, 4.69) is 5.32 Å². The molecule has 0 aromatic heterocycles. The predicted octanol–water partition coefficient (Wildman–Crippen LogP) is 1.04. The van der Waals surface area contributed by atoms with Crippen molar-refractivity contribution in [3.8, 4) is 0 Å². The zero-order chi connectivity index (χ0) is 14.9. The molecular formula is C14H23N3O2S. The van der Waals surface area contributed by atoms with Gasteiger partial charge in [-0.2, -0.15) is 4.31 Å². The zero-order valence-corrected chi connectivity index (χ0v) is 13.4. The molecule has 1 N–H and O–H groups in total. The Labute approximate surface area is 121 Å². The summed E-state index contributed by atoms with van der Waals surface area (Å²) in [6, 6.07) is 5.32. The Balaban J connectivity index is 2.41. The molecule has 1 atom stereocenters. The monoisotopic (exact) mass is 297 g/mol. The lowest BCUT2D eigenvalue weighted by Gasteiger charge is -2.33. The maximum Gasteiger partial charge on any atom is 0.243 e. The highest BCUT2D eigenvalue weighted by molar-refractivity contribution is 7.89. The Bertz CT molecular complexity index is 584. The summed E-state index contributed by atoms with van der Waals surface area (Å²) in [5, 5.41) is 3.21. The first-order valence-corrected chi connectivity index (χ1v) is 8.28. The minimum absolute atomic E-state index is 0.0159. The maximum absolute atomic E-state index is 12.8. The number of hydrogen-bond acceptors (Lipinski definition) is 4. The minimum atomic E-state index is -3.42. The third-order valence-corrected chi connectivity index (χ3v) is 5.72. The predicted molar refractivity (Wildman–Crippen MR) is 81.7 cm³/mol. The number of nitrogens with zero attached hydrogens (tertiary/aromatic N) is 2. The molecule has 5 nitrogen and oxygen atoms in total. The maximum atomic E-state index is 12.8. The van der Waals surface area contributed by atoms with Gasteiger partial charge in [0, 0.05) is 45.5 Å². The minimum Gasteiger partial charge on any atom is -0.377 e. The van der Waals surface area contributed by atoms with Crippen LogP contribution >= 0.6 is 0 Å². The van der Waals surface area contributed by atoms with Crippen molar-refractivity contribution in [2.24, 2.45) is 0 Å². The summed E-state index contributed by atoms with van der Waals surface area (Å²) >= 11 is 0. The van der Waals surface area contributed by atoms with Gasteiger partial charge in [0.25, 0.3) is 0 Å². The number of rotatable bonds is 3. The fraction of sp³-hybridized carbons (Fsp3) is 0.571. The van der Waals surface area contributed by atoms with Gasteiger partial charge in [0.15, 0.2) is 0 Å². The van der Waals surface area contributed by atoms with E-state index in [0.29, 0.717) is 24.5 Å². The van der Waals surface area contributed by atoms with Crippen molar-refractivity contribution in [3.05, 3.63) is 23.8 Å². The third-order valence-electron chi connectivity index (χ3n) is 3.71. The molecule has 112 valence electrons. The van der Waals surface area contributed by atoms with Crippen LogP contribution in [0, 0.1) is 6.92 Å². The Kier molecular flexibility index (Phi) is 4.36. The van der Waals surface area contributed by atoms with Gasteiger partial charge in [0.1, 0.15) is 0 Å². The van der Waals surface area contributed by atoms with E-state index in [1.54, 1.807) is 16.4 Å². The first-order chi connectivity index (χ1) is 9.34. The number of nitrogens with one attached hydrogen (secondary N) is 1. The number of hydrogen-bond donors (Lipinski definition) is 1. The van der Waals surface area contributed by atoms with Gasteiger partial charge >= 0.3 is 0 Å². The van der Waals surface area contributed by atoms with E-state index >= 15 is 0 Å². The second-order valence-corrected chi connectivity index (χ2v) is 7.40. The summed E-state index contributed by atoms with van der Waals surface area (Å²) in [7, 11) is 0.428. The lowest BCUT2D eigenvalue weighted by atomic mass is 10.2. The molecule has 0 aliphatic carbocycles. The zero-order valence-electron chi connectivity index (χ0n) is 12.5. The number of benzene rings is 1. The van der Waals surface area contributed by atoms with Crippen molar-refractivity contribution in [2.45, 2.75) is 24.8 Å². The van der Waals surface area contributed by atoms with Crippen LogP contribution < -0.4 is 10.2 Å². The standard InChI is InChI=1S/C14H23N3O2S/c1-11-5-6-13(9-14(11)16(3)4)20(18,19)17-8-7-15-10-12(17)2/h5-6,9,12,15H,7-8,10H2,1-4H3. The molecule has 2 rings (SSSR count). The van der Waals surface area contributed by atoms with Gasteiger partial charge in [-0.1, -0.05) is 6.07 Å². The van der Waals surface area contributed by atoms with Gasteiger partial charge in [-0.05, 0) is 31.5 Å². The summed E-state index contributed by atoms with van der Waals surface area (Å²) in [6.45, 7) is 5.85. The average molecular weight is 297 g/mol. The molecule has 1 saturated heterocycles. The van der Waals surface area contributed by atoms with E-state index in [9.17, 15) is 8.42 Å². The van der Waals surface area contributed by atoms with Crippen LogP contribution in [0.1, 0.15) is 12.5 Å². The molecule has 1 aromatic rings.